The van der Waals surface area contributed by atoms with Gasteiger partial charge in [0.2, 0.25) is 5.91 Å². The molecule has 3 N–H and O–H groups in total. The van der Waals surface area contributed by atoms with Gasteiger partial charge in [0.15, 0.2) is 0 Å². The molecule has 1 fully saturated rings. The second-order valence-electron chi connectivity index (χ2n) is 4.58. The van der Waals surface area contributed by atoms with Gasteiger partial charge in [0.25, 0.3) is 0 Å². The summed E-state index contributed by atoms with van der Waals surface area (Å²) in [5.41, 5.74) is 5.42. The van der Waals surface area contributed by atoms with E-state index in [2.05, 4.69) is 5.32 Å². The van der Waals surface area contributed by atoms with Crippen LogP contribution in [-0.4, -0.2) is 30.0 Å². The van der Waals surface area contributed by atoms with E-state index in [0.29, 0.717) is 12.6 Å². The summed E-state index contributed by atoms with van der Waals surface area (Å²) in [6, 6.07) is 0.357. The van der Waals surface area contributed by atoms with E-state index in [9.17, 15) is 4.79 Å². The van der Waals surface area contributed by atoms with Crippen LogP contribution in [-0.2, 0) is 4.79 Å². The van der Waals surface area contributed by atoms with Crippen molar-refractivity contribution in [2.24, 2.45) is 11.1 Å². The molecule has 0 aromatic rings. The van der Waals surface area contributed by atoms with Gasteiger partial charge in [-0.05, 0) is 31.4 Å². The van der Waals surface area contributed by atoms with Gasteiger partial charge in [0.1, 0.15) is 0 Å². The molecule has 0 aliphatic carbocycles. The molecule has 1 aliphatic rings. The molecule has 0 aromatic carbocycles. The van der Waals surface area contributed by atoms with Gasteiger partial charge in [-0.15, -0.1) is 0 Å². The van der Waals surface area contributed by atoms with E-state index in [1.54, 1.807) is 0 Å². The third kappa shape index (κ3) is 3.14. The molecule has 1 rings (SSSR count). The maximum Gasteiger partial charge on any atom is 0.227 e. The van der Waals surface area contributed by atoms with Gasteiger partial charge in [-0.1, -0.05) is 13.8 Å². The lowest BCUT2D eigenvalue weighted by Gasteiger charge is -2.32. The van der Waals surface area contributed by atoms with Crippen LogP contribution in [0.5, 0.6) is 0 Å². The van der Waals surface area contributed by atoms with E-state index >= 15 is 0 Å². The van der Waals surface area contributed by atoms with Crippen LogP contribution in [0.3, 0.4) is 0 Å². The topological polar surface area (TPSA) is 55.1 Å². The van der Waals surface area contributed by atoms with Gasteiger partial charge in [-0.3, -0.25) is 4.79 Å². The van der Waals surface area contributed by atoms with Crippen molar-refractivity contribution >= 4 is 17.7 Å². The van der Waals surface area contributed by atoms with Crippen molar-refractivity contribution in [3.05, 3.63) is 0 Å². The predicted molar refractivity (Wildman–Crippen MR) is 70.6 cm³/mol. The number of rotatable bonds is 5. The van der Waals surface area contributed by atoms with Crippen molar-refractivity contribution in [2.75, 3.05) is 18.1 Å². The van der Waals surface area contributed by atoms with E-state index in [4.69, 9.17) is 5.73 Å². The molecule has 1 atom stereocenters. The van der Waals surface area contributed by atoms with Crippen LogP contribution in [0.4, 0.5) is 0 Å². The highest BCUT2D eigenvalue weighted by molar-refractivity contribution is 7.99. The average molecular weight is 244 g/mol. The van der Waals surface area contributed by atoms with E-state index in [1.807, 2.05) is 25.6 Å². The summed E-state index contributed by atoms with van der Waals surface area (Å²) in [6.45, 7) is 4.54. The second kappa shape index (κ2) is 6.50. The zero-order valence-corrected chi connectivity index (χ0v) is 11.2. The Hall–Kier alpha value is -0.220. The summed E-state index contributed by atoms with van der Waals surface area (Å²) in [4.78, 5) is 12.2. The fourth-order valence-corrected chi connectivity index (χ4v) is 3.22. The Morgan fingerprint density at radius 1 is 1.50 bits per heavy atom. The number of nitrogens with two attached hydrogens (primary N) is 1. The molecular weight excluding hydrogens is 220 g/mol. The molecule has 1 heterocycles. The molecule has 1 saturated heterocycles. The summed E-state index contributed by atoms with van der Waals surface area (Å²) in [5.74, 6) is 2.45. The number of amides is 1. The first-order valence-corrected chi connectivity index (χ1v) is 7.42. The molecule has 0 spiro atoms. The third-order valence-electron chi connectivity index (χ3n) is 3.72. The largest absolute Gasteiger partial charge is 0.352 e. The quantitative estimate of drug-likeness (QED) is 0.775. The lowest BCUT2D eigenvalue weighted by Crippen LogP contribution is -2.50. The van der Waals surface area contributed by atoms with Crippen molar-refractivity contribution in [1.82, 2.24) is 5.32 Å². The van der Waals surface area contributed by atoms with Crippen LogP contribution >= 0.6 is 11.8 Å². The molecule has 1 unspecified atom stereocenters. The highest BCUT2D eigenvalue weighted by Crippen LogP contribution is 2.26. The second-order valence-corrected chi connectivity index (χ2v) is 5.73. The van der Waals surface area contributed by atoms with Crippen molar-refractivity contribution < 1.29 is 4.79 Å². The molecule has 16 heavy (non-hydrogen) atoms. The van der Waals surface area contributed by atoms with Gasteiger partial charge < -0.3 is 11.1 Å². The Labute approximate surface area is 103 Å². The molecule has 1 aliphatic heterocycles. The molecular formula is C12H24N2OS. The minimum atomic E-state index is -0.345. The average Bonchev–Trinajstić information content (AvgIpc) is 2.33. The minimum Gasteiger partial charge on any atom is -0.352 e. The lowest BCUT2D eigenvalue weighted by atomic mass is 9.81. The fourth-order valence-electron chi connectivity index (χ4n) is 2.15. The Balaban J connectivity index is 2.54. The SMILES string of the molecule is CCC(CC)(CN)C(=O)NC1CCCSC1. The maximum absolute atomic E-state index is 12.2. The highest BCUT2D eigenvalue weighted by Gasteiger charge is 2.34. The van der Waals surface area contributed by atoms with E-state index < -0.39 is 0 Å². The first kappa shape index (κ1) is 13.8. The van der Waals surface area contributed by atoms with E-state index in [1.165, 1.54) is 12.2 Å². The number of hydrogen-bond donors (Lipinski definition) is 2. The van der Waals surface area contributed by atoms with Crippen molar-refractivity contribution in [2.45, 2.75) is 45.6 Å². The van der Waals surface area contributed by atoms with Crippen LogP contribution in [0, 0.1) is 5.41 Å². The molecule has 3 nitrogen and oxygen atoms in total. The summed E-state index contributed by atoms with van der Waals surface area (Å²) < 4.78 is 0. The number of carbonyl (C=O) groups excluding carboxylic acids is 1. The Bertz CT molecular complexity index is 215. The van der Waals surface area contributed by atoms with E-state index in [0.717, 1.165) is 25.0 Å². The maximum atomic E-state index is 12.2. The number of nitrogens with one attached hydrogen (secondary N) is 1. The van der Waals surface area contributed by atoms with E-state index in [-0.39, 0.29) is 11.3 Å². The predicted octanol–water partition coefficient (Wildman–Crippen LogP) is 1.76. The number of carbonyl (C=O) groups is 1. The summed E-state index contributed by atoms with van der Waals surface area (Å²) in [5, 5.41) is 3.17. The normalized spacial score (nSPS) is 21.8. The summed E-state index contributed by atoms with van der Waals surface area (Å²) in [6.07, 6.45) is 3.98. The van der Waals surface area contributed by atoms with Gasteiger partial charge in [0.05, 0.1) is 5.41 Å². The zero-order valence-electron chi connectivity index (χ0n) is 10.4. The zero-order chi connectivity index (χ0) is 12.0. The molecule has 0 aromatic heterocycles. The number of thioether (sulfide) groups is 1. The fraction of sp³-hybridized carbons (Fsp3) is 0.917. The molecule has 0 saturated carbocycles. The standard InChI is InChI=1S/C12H24N2OS/c1-3-12(4-2,9-13)11(15)14-10-6-5-7-16-8-10/h10H,3-9,13H2,1-2H3,(H,14,15). The van der Waals surface area contributed by atoms with Gasteiger partial charge in [-0.2, -0.15) is 11.8 Å². The van der Waals surface area contributed by atoms with Gasteiger partial charge in [-0.25, -0.2) is 0 Å². The summed E-state index contributed by atoms with van der Waals surface area (Å²) >= 11 is 1.93. The monoisotopic (exact) mass is 244 g/mol. The number of hydrogen-bond acceptors (Lipinski definition) is 3. The van der Waals surface area contributed by atoms with Crippen LogP contribution < -0.4 is 11.1 Å². The van der Waals surface area contributed by atoms with Crippen molar-refractivity contribution in [3.63, 3.8) is 0 Å². The van der Waals surface area contributed by atoms with Crippen LogP contribution in [0.1, 0.15) is 39.5 Å². The minimum absolute atomic E-state index is 0.160. The molecule has 0 radical (unpaired) electrons. The Morgan fingerprint density at radius 2 is 2.19 bits per heavy atom. The Kier molecular flexibility index (Phi) is 5.62. The van der Waals surface area contributed by atoms with Gasteiger partial charge >= 0.3 is 0 Å². The van der Waals surface area contributed by atoms with Crippen LogP contribution in [0.25, 0.3) is 0 Å². The van der Waals surface area contributed by atoms with Crippen LogP contribution in [0.2, 0.25) is 0 Å². The van der Waals surface area contributed by atoms with Gasteiger partial charge in [0, 0.05) is 18.3 Å². The smallest absolute Gasteiger partial charge is 0.227 e. The first-order valence-electron chi connectivity index (χ1n) is 6.27. The van der Waals surface area contributed by atoms with Crippen molar-refractivity contribution in [3.8, 4) is 0 Å². The van der Waals surface area contributed by atoms with Crippen molar-refractivity contribution in [1.29, 1.82) is 0 Å². The Morgan fingerprint density at radius 3 is 2.62 bits per heavy atom. The first-order chi connectivity index (χ1) is 7.68. The lowest BCUT2D eigenvalue weighted by molar-refractivity contribution is -0.131. The van der Waals surface area contributed by atoms with Crippen LogP contribution in [0.15, 0.2) is 0 Å². The highest BCUT2D eigenvalue weighted by atomic mass is 32.2. The third-order valence-corrected chi connectivity index (χ3v) is 4.94. The molecule has 0 bridgehead atoms. The summed E-state index contributed by atoms with van der Waals surface area (Å²) in [7, 11) is 0. The molecule has 4 heteroatoms. The molecule has 94 valence electrons. The molecule has 1 amide bonds.